The van der Waals surface area contributed by atoms with E-state index < -0.39 is 98.8 Å². The van der Waals surface area contributed by atoms with Gasteiger partial charge in [0.15, 0.2) is 0 Å². The molecule has 3 unspecified atom stereocenters. The molecule has 324 valence electrons. The van der Waals surface area contributed by atoms with Crippen LogP contribution >= 0.6 is 415 Å². The van der Waals surface area contributed by atoms with Gasteiger partial charge in [0.1, 0.15) is 0 Å². The maximum atomic E-state index is 5.94. The Morgan fingerprint density at radius 3 is 1.69 bits per heavy atom. The standard InChI is InChI=1S/C15H15I32N4/c1-9(2)50-12(3,40(24)44(29)36-19)14(41(25)46(31)43(27)28,42(26)47(32)45(30)37-20)51(11-8-10-6-4-5-7-49(10)48-11)15(38(21)22,39(23)35-18)13(50,33-16)34-17/h4-9H,1-3H3/q-5. The number of pyridine rings is 1. The van der Waals surface area contributed by atoms with E-state index in [4.69, 9.17) is 5.10 Å². The zero-order valence-corrected chi connectivity index (χ0v) is 92.4. The Hall–Kier alpha value is 21.8. The topological polar surface area (TPSA) is 23.8 Å². The number of hydrogen-bond acceptors (Lipinski definition) is 3. The van der Waals surface area contributed by atoms with E-state index in [-0.39, 0.29) is 47.7 Å². The van der Waals surface area contributed by atoms with Gasteiger partial charge in [-0.25, -0.2) is 0 Å². The fourth-order valence-electron chi connectivity index (χ4n) is 4.68. The van der Waals surface area contributed by atoms with E-state index in [1.165, 1.54) is 11.3 Å². The summed E-state index contributed by atoms with van der Waals surface area (Å²) in [6.45, 7) is 8.56. The SMILES string of the molecule is CC(C)N1C([I-]I)([I-]I)C(I(I)I)(I(I)[I-]I)N(c2cc3ccccn3n2)C(I(I)I(I)I(I)I)(I(I)I(I)I(I)[I-]I)C1(C)I(I)I(I)[I-]I. The number of halogens is 32. The number of anilines is 1. The summed E-state index contributed by atoms with van der Waals surface area (Å²) in [4.78, 5) is 7.33. The molecule has 3 atom stereocenters. The molecule has 3 heterocycles. The zero-order valence-electron chi connectivity index (χ0n) is 23.3. The molecule has 3 rings (SSSR count). The van der Waals surface area contributed by atoms with Crippen molar-refractivity contribution in [3.63, 3.8) is 0 Å². The zero-order chi connectivity index (χ0) is 39.0. The summed E-state index contributed by atoms with van der Waals surface area (Å²) >= 11 is 47.4. The number of nitrogens with zero attached hydrogens (tertiary/aromatic N) is 4. The summed E-state index contributed by atoms with van der Waals surface area (Å²) < 4.78 is 3.93. The van der Waals surface area contributed by atoms with Crippen LogP contribution in [0.2, 0.25) is 0 Å². The average molecular weight is 4310 g/mol. The van der Waals surface area contributed by atoms with Gasteiger partial charge in [-0.1, -0.05) is 0 Å². The molecule has 1 aliphatic rings. The van der Waals surface area contributed by atoms with Gasteiger partial charge in [-0.05, 0) is 0 Å². The molecule has 2 aromatic heterocycles. The molecular formula is C15H15I32N4-5. The average Bonchev–Trinajstić information content (AvgIpc) is 3.54. The first-order valence-electron chi connectivity index (χ1n) is 11.2. The van der Waals surface area contributed by atoms with E-state index in [0.29, 0.717) is 40.8 Å². The number of fused-ring (bicyclic) bond motifs is 1. The van der Waals surface area contributed by atoms with Gasteiger partial charge in [0.2, 0.25) is 0 Å². The fourth-order valence-corrected chi connectivity index (χ4v) is 1320. The van der Waals surface area contributed by atoms with Gasteiger partial charge >= 0.3 is 586 Å². The van der Waals surface area contributed by atoms with E-state index in [0.717, 1.165) is 0 Å². The first kappa shape index (κ1) is 67.1. The van der Waals surface area contributed by atoms with Crippen molar-refractivity contribution in [3.05, 3.63) is 30.5 Å². The van der Waals surface area contributed by atoms with Crippen molar-refractivity contribution in [1.82, 2.24) is 14.5 Å². The molecule has 51 heavy (non-hydrogen) atoms. The van der Waals surface area contributed by atoms with Gasteiger partial charge in [-0.3, -0.25) is 0 Å². The van der Waals surface area contributed by atoms with Crippen molar-refractivity contribution in [2.45, 2.75) is 35.0 Å². The number of hydrogen-bond donors (Lipinski definition) is 0. The minimum atomic E-state index is -1.59. The first-order valence-corrected chi connectivity index (χ1v) is 176. The normalized spacial score (nSPS) is 27.3. The van der Waals surface area contributed by atoms with E-state index in [9.17, 15) is 0 Å². The fraction of sp³-hybridized carbons (Fsp3) is 0.533. The van der Waals surface area contributed by atoms with Crippen LogP contribution in [0.4, 0.5) is 5.82 Å². The van der Waals surface area contributed by atoms with Gasteiger partial charge in [-0.2, -0.15) is 0 Å². The number of alkyl halides is 7. The van der Waals surface area contributed by atoms with E-state index in [1.54, 1.807) is 0 Å². The summed E-state index contributed by atoms with van der Waals surface area (Å²) in [6.07, 6.45) is 2.28. The van der Waals surface area contributed by atoms with Crippen molar-refractivity contribution in [2.75, 3.05) is 4.90 Å². The Bertz CT molecular complexity index is 1380. The number of piperazine rings is 1. The monoisotopic (exact) mass is 4310 g/mol. The van der Waals surface area contributed by atoms with Crippen molar-refractivity contribution in [3.8, 4) is 0 Å². The summed E-state index contributed by atoms with van der Waals surface area (Å²) in [7, 11) is -5.35. The Morgan fingerprint density at radius 2 is 1.25 bits per heavy atom. The molecule has 0 aromatic carbocycles. The Kier molecular flexibility index (Phi) is 43.1. The molecule has 1 aliphatic heterocycles. The maximum absolute atomic E-state index is 5.94. The van der Waals surface area contributed by atoms with Crippen LogP contribution in [0.5, 0.6) is 0 Å². The van der Waals surface area contributed by atoms with Crippen LogP contribution in [0.15, 0.2) is 30.5 Å². The third-order valence-electron chi connectivity index (χ3n) is 6.13. The molecule has 1 fully saturated rings. The summed E-state index contributed by atoms with van der Waals surface area (Å²) in [5, 5.41) is 5.94. The molecule has 0 radical (unpaired) electrons. The molecule has 0 N–H and O–H groups in total. The second kappa shape index (κ2) is 32.8. The van der Waals surface area contributed by atoms with Crippen molar-refractivity contribution >= 4 is 427 Å². The van der Waals surface area contributed by atoms with E-state index in [1.807, 2.05) is 0 Å². The third kappa shape index (κ3) is 15.0. The molecular weight excluding hydrogens is 4300 g/mol. The molecule has 0 bridgehead atoms. The Balaban J connectivity index is 2.97. The summed E-state index contributed by atoms with van der Waals surface area (Å²) in [6, 6.07) is 10.2. The van der Waals surface area contributed by atoms with Crippen LogP contribution in [0.25, 0.3) is 5.52 Å². The first-order chi connectivity index (χ1) is 23.8. The molecule has 0 aliphatic carbocycles. The van der Waals surface area contributed by atoms with Gasteiger partial charge in [0.25, 0.3) is 0 Å². The predicted octanol–water partition coefficient (Wildman–Crippen LogP) is 10.3. The molecule has 1 saturated heterocycles. The summed E-state index contributed by atoms with van der Waals surface area (Å²) in [5.74, 6) is 1.49. The Labute approximate surface area is 560 Å². The molecule has 0 saturated carbocycles. The van der Waals surface area contributed by atoms with Crippen LogP contribution in [-0.4, -0.2) is 28.8 Å². The van der Waals surface area contributed by atoms with Crippen LogP contribution in [-0.2, 0) is 0 Å². The molecule has 36 heteroatoms. The van der Waals surface area contributed by atoms with Gasteiger partial charge in [0, 0.05) is 0 Å². The van der Waals surface area contributed by atoms with Gasteiger partial charge < -0.3 is 0 Å². The van der Waals surface area contributed by atoms with Gasteiger partial charge in [0.05, 0.1) is 0 Å². The molecule has 0 amide bonds. The van der Waals surface area contributed by atoms with E-state index in [2.05, 4.69) is 382 Å². The molecule has 2 aromatic rings. The Morgan fingerprint density at radius 1 is 0.706 bits per heavy atom. The van der Waals surface area contributed by atoms with Crippen LogP contribution in [0, 0.1) is 0 Å². The van der Waals surface area contributed by atoms with Crippen LogP contribution in [0.3, 0.4) is 0 Å². The number of rotatable bonds is 17. The van der Waals surface area contributed by atoms with Crippen LogP contribution < -0.4 is 79.1 Å². The summed E-state index contributed by atoms with van der Waals surface area (Å²) in [5.41, 5.74) is 1.33. The quantitative estimate of drug-likeness (QED) is 0.0896. The van der Waals surface area contributed by atoms with Crippen LogP contribution in [0.1, 0.15) is 20.8 Å². The third-order valence-corrected chi connectivity index (χ3v) is 987. The van der Waals surface area contributed by atoms with Crippen molar-refractivity contribution in [1.29, 1.82) is 0 Å². The molecule has 4 nitrogen and oxygen atoms in total. The van der Waals surface area contributed by atoms with Gasteiger partial charge in [-0.15, -0.1) is 0 Å². The van der Waals surface area contributed by atoms with Crippen molar-refractivity contribution < 1.29 is 74.2 Å². The second-order valence-electron chi connectivity index (χ2n) is 8.55. The minimum absolute atomic E-state index is 0.0782. The predicted molar refractivity (Wildman–Crippen MR) is 450 cm³/mol. The second-order valence-corrected chi connectivity index (χ2v) is 438. The van der Waals surface area contributed by atoms with Crippen molar-refractivity contribution in [2.24, 2.45) is 0 Å². The number of aromatic nitrogens is 2. The van der Waals surface area contributed by atoms with E-state index >= 15 is 0 Å². The molecule has 0 spiro atoms.